The average Bonchev–Trinajstić information content (AvgIpc) is 2.38. The molecule has 4 heteroatoms. The Morgan fingerprint density at radius 1 is 1.42 bits per heavy atom. The van der Waals surface area contributed by atoms with Crippen LogP contribution in [0.5, 0.6) is 5.75 Å². The van der Waals surface area contributed by atoms with Gasteiger partial charge in [0.2, 0.25) is 0 Å². The molecule has 19 heavy (non-hydrogen) atoms. The number of allylic oxidation sites excluding steroid dienone is 3. The molecule has 1 aliphatic heterocycles. The van der Waals surface area contributed by atoms with E-state index in [2.05, 4.69) is 12.7 Å². The van der Waals surface area contributed by atoms with E-state index in [9.17, 15) is 4.39 Å². The Hall–Kier alpha value is -0.926. The summed E-state index contributed by atoms with van der Waals surface area (Å²) < 4.78 is 19.3. The second-order valence-electron chi connectivity index (χ2n) is 3.88. The van der Waals surface area contributed by atoms with Crippen molar-refractivity contribution in [2.45, 2.75) is 6.92 Å². The molecule has 0 aromatic heterocycles. The minimum Gasteiger partial charge on any atom is -0.509 e. The molecule has 1 aromatic rings. The van der Waals surface area contributed by atoms with Crippen LogP contribution in [0.2, 0.25) is 0 Å². The van der Waals surface area contributed by atoms with Gasteiger partial charge in [-0.15, -0.1) is 6.08 Å². The molecule has 1 heterocycles. The van der Waals surface area contributed by atoms with Gasteiger partial charge in [-0.1, -0.05) is 18.3 Å². The summed E-state index contributed by atoms with van der Waals surface area (Å²) in [6, 6.07) is 4.78. The Bertz CT molecular complexity index is 537. The largest absolute Gasteiger partial charge is 0.509 e. The zero-order valence-corrected chi connectivity index (χ0v) is 14.0. The van der Waals surface area contributed by atoms with Gasteiger partial charge in [0, 0.05) is 39.3 Å². The van der Waals surface area contributed by atoms with Crippen molar-refractivity contribution >= 4 is 5.70 Å². The van der Waals surface area contributed by atoms with Crippen molar-refractivity contribution < 1.29 is 41.8 Å². The molecular weight excluding hydrogens is 318 g/mol. The maximum Gasteiger partial charge on any atom is 0.0817 e. The van der Waals surface area contributed by atoms with Gasteiger partial charge in [-0.25, -0.2) is 4.39 Å². The second-order valence-corrected chi connectivity index (χ2v) is 3.88. The molecule has 0 spiro atoms. The quantitative estimate of drug-likeness (QED) is 0.787. The first kappa shape index (κ1) is 16.1. The van der Waals surface area contributed by atoms with E-state index in [1.54, 1.807) is 18.2 Å². The fraction of sp³-hybridized carbons (Fsp3) is 0.200. The summed E-state index contributed by atoms with van der Waals surface area (Å²) in [5.74, 6) is 0.178. The molecule has 1 radical (unpaired) electrons. The fourth-order valence-electron chi connectivity index (χ4n) is 2.00. The van der Waals surface area contributed by atoms with Gasteiger partial charge in [-0.2, -0.15) is 12.2 Å². The van der Waals surface area contributed by atoms with Crippen molar-refractivity contribution in [3.05, 3.63) is 60.1 Å². The molecule has 2 nitrogen and oxygen atoms in total. The fourth-order valence-corrected chi connectivity index (χ4v) is 2.00. The van der Waals surface area contributed by atoms with Gasteiger partial charge >= 0.3 is 0 Å². The first-order valence-corrected chi connectivity index (χ1v) is 5.78. The number of likely N-dealkylation sites (N-methyl/N-ethyl adjacent to an activating group) is 1. The zero-order valence-electron chi connectivity index (χ0n) is 11.1. The average molecular weight is 333 g/mol. The van der Waals surface area contributed by atoms with E-state index in [1.165, 1.54) is 13.2 Å². The maximum atomic E-state index is 14.0. The van der Waals surface area contributed by atoms with Crippen LogP contribution in [-0.4, -0.2) is 18.6 Å². The third-order valence-electron chi connectivity index (χ3n) is 2.86. The summed E-state index contributed by atoms with van der Waals surface area (Å²) in [6.07, 6.45) is 6.66. The number of hydrogen-bond acceptors (Lipinski definition) is 2. The topological polar surface area (TPSA) is 12.5 Å². The van der Waals surface area contributed by atoms with Crippen molar-refractivity contribution in [3.8, 4) is 5.75 Å². The molecule has 0 saturated carbocycles. The van der Waals surface area contributed by atoms with Crippen molar-refractivity contribution in [3.63, 3.8) is 0 Å². The van der Waals surface area contributed by atoms with Crippen LogP contribution >= 0.6 is 0 Å². The van der Waals surface area contributed by atoms with Crippen LogP contribution in [-0.2, 0) is 32.7 Å². The second kappa shape index (κ2) is 7.02. The molecule has 1 aromatic carbocycles. The van der Waals surface area contributed by atoms with Gasteiger partial charge in [0.1, 0.15) is 0 Å². The normalized spacial score (nSPS) is 13.9. The van der Waals surface area contributed by atoms with Crippen molar-refractivity contribution in [1.82, 2.24) is 4.90 Å². The molecule has 1 aliphatic rings. The Labute approximate surface area is 138 Å². The summed E-state index contributed by atoms with van der Waals surface area (Å²) in [5, 5.41) is 0. The number of hydrogen-bond donors (Lipinski definition) is 0. The Balaban J connectivity index is 0.00000180. The van der Waals surface area contributed by atoms with E-state index in [-0.39, 0.29) is 38.5 Å². The molecule has 0 atom stereocenters. The van der Waals surface area contributed by atoms with Crippen LogP contribution in [0.4, 0.5) is 4.39 Å². The summed E-state index contributed by atoms with van der Waals surface area (Å²) in [4.78, 5) is 1.90. The molecule has 0 aliphatic carbocycles. The SMILES string of the molecule is C=C1C=C[C-]=C(c2c(F)cccc2OC)N1CC.[Y]. The number of ether oxygens (including phenoxy) is 1. The molecule has 0 unspecified atom stereocenters. The van der Waals surface area contributed by atoms with Gasteiger partial charge in [0.25, 0.3) is 0 Å². The molecule has 97 valence electrons. The van der Waals surface area contributed by atoms with E-state index in [0.29, 0.717) is 23.6 Å². The van der Waals surface area contributed by atoms with E-state index in [4.69, 9.17) is 4.74 Å². The monoisotopic (exact) mass is 333 g/mol. The summed E-state index contributed by atoms with van der Waals surface area (Å²) >= 11 is 0. The molecule has 0 fully saturated rings. The van der Waals surface area contributed by atoms with Crippen LogP contribution in [0.15, 0.2) is 42.6 Å². The molecule has 0 N–H and O–H groups in total. The minimum absolute atomic E-state index is 0. The van der Waals surface area contributed by atoms with E-state index < -0.39 is 0 Å². The van der Waals surface area contributed by atoms with Crippen molar-refractivity contribution in [1.29, 1.82) is 0 Å². The molecule has 0 saturated heterocycles. The van der Waals surface area contributed by atoms with Gasteiger partial charge in [-0.3, -0.25) is 0 Å². The van der Waals surface area contributed by atoms with Crippen LogP contribution in [0, 0.1) is 11.9 Å². The molecule has 2 rings (SSSR count). The first-order chi connectivity index (χ1) is 8.69. The van der Waals surface area contributed by atoms with Crippen LogP contribution in [0.25, 0.3) is 5.70 Å². The summed E-state index contributed by atoms with van der Waals surface area (Å²) in [6.45, 7) is 6.63. The number of nitrogens with zero attached hydrogens (tertiary/aromatic N) is 1. The summed E-state index contributed by atoms with van der Waals surface area (Å²) in [7, 11) is 1.53. The number of benzene rings is 1. The van der Waals surface area contributed by atoms with E-state index >= 15 is 0 Å². The van der Waals surface area contributed by atoms with E-state index in [1.807, 2.05) is 17.9 Å². The zero-order chi connectivity index (χ0) is 13.1. The van der Waals surface area contributed by atoms with Crippen molar-refractivity contribution in [2.24, 2.45) is 0 Å². The number of methoxy groups -OCH3 is 1. The predicted octanol–water partition coefficient (Wildman–Crippen LogP) is 3.38. The third-order valence-corrected chi connectivity index (χ3v) is 2.86. The van der Waals surface area contributed by atoms with Gasteiger partial charge in [0.05, 0.1) is 18.7 Å². The van der Waals surface area contributed by atoms with Gasteiger partial charge in [0.15, 0.2) is 0 Å². The van der Waals surface area contributed by atoms with Gasteiger partial charge in [-0.05, 0) is 30.3 Å². The minimum atomic E-state index is -0.321. The van der Waals surface area contributed by atoms with Crippen LogP contribution in [0.1, 0.15) is 12.5 Å². The maximum absolute atomic E-state index is 14.0. The van der Waals surface area contributed by atoms with Gasteiger partial charge < -0.3 is 9.64 Å². The Kier molecular flexibility index (Phi) is 5.96. The van der Waals surface area contributed by atoms with Crippen LogP contribution in [0.3, 0.4) is 0 Å². The molecule has 0 amide bonds. The van der Waals surface area contributed by atoms with E-state index in [0.717, 1.165) is 5.70 Å². The Morgan fingerprint density at radius 2 is 2.16 bits per heavy atom. The number of halogens is 1. The van der Waals surface area contributed by atoms with Crippen molar-refractivity contribution in [2.75, 3.05) is 13.7 Å². The van der Waals surface area contributed by atoms with Crippen LogP contribution < -0.4 is 4.74 Å². The molecule has 0 bridgehead atoms. The Morgan fingerprint density at radius 3 is 2.79 bits per heavy atom. The first-order valence-electron chi connectivity index (χ1n) is 5.78. The molecular formula is C15H15FNOY-. The third kappa shape index (κ3) is 3.15. The predicted molar refractivity (Wildman–Crippen MR) is 70.3 cm³/mol. The summed E-state index contributed by atoms with van der Waals surface area (Å²) in [5.41, 5.74) is 1.89. The standard InChI is InChI=1S/C15H15FNO.Y/c1-4-17-11(2)7-5-9-13(17)15-12(16)8-6-10-14(15)18-3;/h5-8,10H,2,4H2,1,3H3;/q-1;. The smallest absolute Gasteiger partial charge is 0.0817 e. The number of rotatable bonds is 3.